The van der Waals surface area contributed by atoms with Gasteiger partial charge in [-0.15, -0.1) is 0 Å². The van der Waals surface area contributed by atoms with Gasteiger partial charge in [0.1, 0.15) is 6.10 Å². The Hall–Kier alpha value is -0.530. The lowest BCUT2D eigenvalue weighted by molar-refractivity contribution is -0.151. The largest absolute Gasteiger partial charge is 0.462 e. The van der Waals surface area contributed by atoms with E-state index in [4.69, 9.17) is 4.74 Å². The predicted octanol–water partition coefficient (Wildman–Crippen LogP) is 3.79. The van der Waals surface area contributed by atoms with Gasteiger partial charge in [-0.25, -0.2) is 0 Å². The van der Waals surface area contributed by atoms with Crippen LogP contribution in [0.3, 0.4) is 0 Å². The smallest absolute Gasteiger partial charge is 0.305 e. The number of hydrogen-bond donors (Lipinski definition) is 0. The maximum Gasteiger partial charge on any atom is 0.305 e. The van der Waals surface area contributed by atoms with Crippen molar-refractivity contribution in [3.05, 3.63) is 0 Å². The van der Waals surface area contributed by atoms with Crippen molar-refractivity contribution in [2.45, 2.75) is 65.9 Å². The number of esters is 1. The summed E-state index contributed by atoms with van der Waals surface area (Å²) in [5.74, 6) is 2.21. The second-order valence-corrected chi connectivity index (χ2v) is 5.47. The summed E-state index contributed by atoms with van der Waals surface area (Å²) < 4.78 is 5.40. The van der Waals surface area contributed by atoms with Gasteiger partial charge in [0, 0.05) is 6.42 Å². The first-order chi connectivity index (χ1) is 7.54. The Balaban J connectivity index is 2.32. The van der Waals surface area contributed by atoms with Gasteiger partial charge in [0.25, 0.3) is 0 Å². The molecule has 0 saturated heterocycles. The molecule has 0 bridgehead atoms. The van der Waals surface area contributed by atoms with Crippen molar-refractivity contribution in [3.8, 4) is 0 Å². The molecule has 0 aromatic carbocycles. The van der Waals surface area contributed by atoms with E-state index in [0.717, 1.165) is 11.8 Å². The van der Waals surface area contributed by atoms with Crippen LogP contribution in [0.4, 0.5) is 0 Å². The Bertz CT molecular complexity index is 215. The molecule has 0 amide bonds. The van der Waals surface area contributed by atoms with Gasteiger partial charge in [0.05, 0.1) is 0 Å². The van der Waals surface area contributed by atoms with Crippen LogP contribution in [0, 0.1) is 17.8 Å². The van der Waals surface area contributed by atoms with Crippen molar-refractivity contribution < 1.29 is 9.53 Å². The first-order valence-corrected chi connectivity index (χ1v) is 6.74. The van der Waals surface area contributed by atoms with Crippen LogP contribution in [0.25, 0.3) is 0 Å². The molecular formula is C14H26O2. The molecule has 2 nitrogen and oxygen atoms in total. The Labute approximate surface area is 99.8 Å². The van der Waals surface area contributed by atoms with Crippen LogP contribution in [0.1, 0.15) is 59.8 Å². The molecule has 1 saturated carbocycles. The molecule has 0 spiro atoms. The van der Waals surface area contributed by atoms with Crippen LogP contribution >= 0.6 is 0 Å². The highest BCUT2D eigenvalue weighted by Crippen LogP contribution is 2.35. The lowest BCUT2D eigenvalue weighted by Gasteiger charge is -2.33. The first kappa shape index (κ1) is 13.5. The van der Waals surface area contributed by atoms with Crippen molar-refractivity contribution in [3.63, 3.8) is 0 Å². The highest BCUT2D eigenvalue weighted by atomic mass is 16.5. The van der Waals surface area contributed by atoms with E-state index in [2.05, 4.69) is 13.8 Å². The highest BCUT2D eigenvalue weighted by molar-refractivity contribution is 5.69. The minimum absolute atomic E-state index is 0.0570. The second kappa shape index (κ2) is 6.27. The normalized spacial score (nSPS) is 27.8. The Morgan fingerprint density at radius 3 is 2.06 bits per heavy atom. The molecule has 0 aromatic rings. The minimum Gasteiger partial charge on any atom is -0.462 e. The zero-order chi connectivity index (χ0) is 12.1. The molecular weight excluding hydrogens is 200 g/mol. The lowest BCUT2D eigenvalue weighted by Crippen LogP contribution is -2.29. The molecule has 94 valence electrons. The average Bonchev–Trinajstić information content (AvgIpc) is 2.28. The molecule has 2 heteroatoms. The van der Waals surface area contributed by atoms with E-state index >= 15 is 0 Å². The zero-order valence-electron chi connectivity index (χ0n) is 11.2. The molecule has 1 rings (SSSR count). The van der Waals surface area contributed by atoms with E-state index in [1.165, 1.54) is 25.7 Å². The molecule has 16 heavy (non-hydrogen) atoms. The Kier molecular flexibility index (Phi) is 5.30. The van der Waals surface area contributed by atoms with Crippen LogP contribution in [0.2, 0.25) is 0 Å². The summed E-state index contributed by atoms with van der Waals surface area (Å²) in [6.07, 6.45) is 5.65. The quantitative estimate of drug-likeness (QED) is 0.682. The Morgan fingerprint density at radius 2 is 1.62 bits per heavy atom. The number of ether oxygens (including phenoxy) is 1. The third-order valence-corrected chi connectivity index (χ3v) is 4.03. The molecule has 1 unspecified atom stereocenters. The van der Waals surface area contributed by atoms with E-state index < -0.39 is 0 Å². The highest BCUT2D eigenvalue weighted by Gasteiger charge is 2.28. The molecule has 0 N–H and O–H groups in total. The molecule has 1 fully saturated rings. The van der Waals surface area contributed by atoms with E-state index in [9.17, 15) is 4.79 Å². The standard InChI is InChI=1S/C14H26O2/c1-5-14(15)16-11(4)13-8-6-12(7-9-13)10(2)3/h10-13H,5-9H2,1-4H3. The van der Waals surface area contributed by atoms with Crippen molar-refractivity contribution in [2.24, 2.45) is 17.8 Å². The fourth-order valence-electron chi connectivity index (χ4n) is 2.67. The van der Waals surface area contributed by atoms with E-state index in [1.54, 1.807) is 0 Å². The van der Waals surface area contributed by atoms with Crippen molar-refractivity contribution >= 4 is 5.97 Å². The van der Waals surface area contributed by atoms with E-state index in [-0.39, 0.29) is 12.1 Å². The summed E-state index contributed by atoms with van der Waals surface area (Å²) in [7, 11) is 0. The fraction of sp³-hybridized carbons (Fsp3) is 0.929. The molecule has 0 heterocycles. The van der Waals surface area contributed by atoms with Crippen LogP contribution in [-0.2, 0) is 9.53 Å². The van der Waals surface area contributed by atoms with E-state index in [0.29, 0.717) is 12.3 Å². The van der Waals surface area contributed by atoms with Crippen LogP contribution < -0.4 is 0 Å². The van der Waals surface area contributed by atoms with Crippen molar-refractivity contribution in [2.75, 3.05) is 0 Å². The number of rotatable bonds is 4. The van der Waals surface area contributed by atoms with Gasteiger partial charge in [0.2, 0.25) is 0 Å². The fourth-order valence-corrected chi connectivity index (χ4v) is 2.67. The van der Waals surface area contributed by atoms with Gasteiger partial charge in [-0.3, -0.25) is 4.79 Å². The zero-order valence-corrected chi connectivity index (χ0v) is 11.2. The summed E-state index contributed by atoms with van der Waals surface area (Å²) >= 11 is 0. The summed E-state index contributed by atoms with van der Waals surface area (Å²) in [4.78, 5) is 11.2. The molecule has 0 aliphatic heterocycles. The van der Waals surface area contributed by atoms with Crippen LogP contribution in [-0.4, -0.2) is 12.1 Å². The van der Waals surface area contributed by atoms with Crippen molar-refractivity contribution in [1.29, 1.82) is 0 Å². The molecule has 1 aliphatic carbocycles. The van der Waals surface area contributed by atoms with Crippen molar-refractivity contribution in [1.82, 2.24) is 0 Å². The van der Waals surface area contributed by atoms with Gasteiger partial charge < -0.3 is 4.74 Å². The number of carbonyl (C=O) groups is 1. The minimum atomic E-state index is -0.0570. The maximum absolute atomic E-state index is 11.2. The topological polar surface area (TPSA) is 26.3 Å². The van der Waals surface area contributed by atoms with Gasteiger partial charge in [-0.1, -0.05) is 20.8 Å². The molecule has 0 aromatic heterocycles. The van der Waals surface area contributed by atoms with Crippen LogP contribution in [0.5, 0.6) is 0 Å². The lowest BCUT2D eigenvalue weighted by atomic mass is 9.75. The van der Waals surface area contributed by atoms with Gasteiger partial charge in [-0.05, 0) is 50.4 Å². The number of hydrogen-bond acceptors (Lipinski definition) is 2. The monoisotopic (exact) mass is 226 g/mol. The van der Waals surface area contributed by atoms with Gasteiger partial charge in [-0.2, -0.15) is 0 Å². The average molecular weight is 226 g/mol. The second-order valence-electron chi connectivity index (χ2n) is 5.47. The third-order valence-electron chi connectivity index (χ3n) is 4.03. The number of carbonyl (C=O) groups excluding carboxylic acids is 1. The summed E-state index contributed by atoms with van der Waals surface area (Å²) in [6.45, 7) is 8.52. The van der Waals surface area contributed by atoms with Crippen LogP contribution in [0.15, 0.2) is 0 Å². The maximum atomic E-state index is 11.2. The Morgan fingerprint density at radius 1 is 1.12 bits per heavy atom. The van der Waals surface area contributed by atoms with Gasteiger partial charge in [0.15, 0.2) is 0 Å². The summed E-state index contributed by atoms with van der Waals surface area (Å²) in [6, 6.07) is 0. The molecule has 0 radical (unpaired) electrons. The first-order valence-electron chi connectivity index (χ1n) is 6.74. The van der Waals surface area contributed by atoms with E-state index in [1.807, 2.05) is 13.8 Å². The summed E-state index contributed by atoms with van der Waals surface area (Å²) in [5.41, 5.74) is 0. The molecule has 1 aliphatic rings. The molecule has 1 atom stereocenters. The summed E-state index contributed by atoms with van der Waals surface area (Å²) in [5, 5.41) is 0. The van der Waals surface area contributed by atoms with Gasteiger partial charge >= 0.3 is 5.97 Å². The third kappa shape index (κ3) is 3.80. The SMILES string of the molecule is CCC(=O)OC(C)C1CCC(C(C)C)CC1. The predicted molar refractivity (Wildman–Crippen MR) is 66.1 cm³/mol.